The number of aryl methyl sites for hydroxylation is 2. The molecule has 2 rings (SSSR count). The van der Waals surface area contributed by atoms with Gasteiger partial charge in [-0.15, -0.1) is 5.10 Å². The number of hydrogen-bond acceptors (Lipinski definition) is 3. The summed E-state index contributed by atoms with van der Waals surface area (Å²) in [5.41, 5.74) is 2.53. The van der Waals surface area contributed by atoms with Crippen molar-refractivity contribution in [3.8, 4) is 11.3 Å². The molecule has 0 atom stereocenters. The van der Waals surface area contributed by atoms with Gasteiger partial charge >= 0.3 is 5.97 Å². The molecular weight excluding hydrogens is 242 g/mol. The third-order valence-electron chi connectivity index (χ3n) is 2.95. The van der Waals surface area contributed by atoms with Crippen molar-refractivity contribution in [2.45, 2.75) is 33.2 Å². The average Bonchev–Trinajstić information content (AvgIpc) is 2.80. The smallest absolute Gasteiger partial charge is 0.358 e. The molecule has 2 aromatic rings. The number of aromatic carboxylic acids is 1. The van der Waals surface area contributed by atoms with Crippen molar-refractivity contribution in [2.75, 3.05) is 0 Å². The molecular formula is C14H17N3O2. The maximum atomic E-state index is 11.3. The van der Waals surface area contributed by atoms with Gasteiger partial charge in [0.25, 0.3) is 0 Å². The normalized spacial score (nSPS) is 10.6. The van der Waals surface area contributed by atoms with E-state index in [4.69, 9.17) is 0 Å². The summed E-state index contributed by atoms with van der Waals surface area (Å²) in [7, 11) is 0. The van der Waals surface area contributed by atoms with Gasteiger partial charge in [0, 0.05) is 12.1 Å². The van der Waals surface area contributed by atoms with E-state index in [1.54, 1.807) is 4.68 Å². The minimum absolute atomic E-state index is 0.0155. The second-order valence-electron chi connectivity index (χ2n) is 4.54. The first kappa shape index (κ1) is 13.3. The number of carbonyl (C=O) groups is 1. The van der Waals surface area contributed by atoms with E-state index in [-0.39, 0.29) is 5.69 Å². The maximum absolute atomic E-state index is 11.3. The number of carboxylic acid groups (broad SMARTS) is 1. The number of benzene rings is 1. The molecule has 0 saturated heterocycles. The van der Waals surface area contributed by atoms with Crippen LogP contribution >= 0.6 is 0 Å². The largest absolute Gasteiger partial charge is 0.476 e. The van der Waals surface area contributed by atoms with Crippen molar-refractivity contribution in [2.24, 2.45) is 0 Å². The molecule has 5 nitrogen and oxygen atoms in total. The lowest BCUT2D eigenvalue weighted by Crippen LogP contribution is -2.05. The van der Waals surface area contributed by atoms with Crippen LogP contribution in [0.2, 0.25) is 0 Å². The van der Waals surface area contributed by atoms with Crippen LogP contribution in [-0.2, 0) is 6.54 Å². The molecule has 0 aliphatic heterocycles. The van der Waals surface area contributed by atoms with Gasteiger partial charge in [-0.2, -0.15) is 0 Å². The van der Waals surface area contributed by atoms with Crippen LogP contribution in [0.1, 0.15) is 35.8 Å². The van der Waals surface area contributed by atoms with E-state index < -0.39 is 5.97 Å². The lowest BCUT2D eigenvalue weighted by Gasteiger charge is -2.07. The SMILES string of the molecule is CCCCn1nnc(C(=O)O)c1-c1cccc(C)c1. The minimum atomic E-state index is -1.04. The van der Waals surface area contributed by atoms with Crippen LogP contribution in [0.3, 0.4) is 0 Å². The summed E-state index contributed by atoms with van der Waals surface area (Å²) in [6.45, 7) is 4.74. The van der Waals surface area contributed by atoms with E-state index >= 15 is 0 Å². The molecule has 1 N–H and O–H groups in total. The van der Waals surface area contributed by atoms with Crippen LogP contribution in [0, 0.1) is 6.92 Å². The Morgan fingerprint density at radius 1 is 1.42 bits per heavy atom. The first-order valence-electron chi connectivity index (χ1n) is 6.37. The molecule has 5 heteroatoms. The van der Waals surface area contributed by atoms with Crippen molar-refractivity contribution in [1.82, 2.24) is 15.0 Å². The van der Waals surface area contributed by atoms with Gasteiger partial charge in [0.15, 0.2) is 5.69 Å². The summed E-state index contributed by atoms with van der Waals surface area (Å²) in [5, 5.41) is 17.0. The standard InChI is InChI=1S/C14H17N3O2/c1-3-4-8-17-13(12(14(18)19)15-16-17)11-7-5-6-10(2)9-11/h5-7,9H,3-4,8H2,1-2H3,(H,18,19). The number of nitrogens with zero attached hydrogens (tertiary/aromatic N) is 3. The monoisotopic (exact) mass is 259 g/mol. The Labute approximate surface area is 111 Å². The van der Waals surface area contributed by atoms with Gasteiger partial charge in [0.1, 0.15) is 5.69 Å². The quantitative estimate of drug-likeness (QED) is 0.896. The van der Waals surface area contributed by atoms with Crippen molar-refractivity contribution >= 4 is 5.97 Å². The molecule has 1 aromatic heterocycles. The van der Waals surface area contributed by atoms with Gasteiger partial charge in [0.2, 0.25) is 0 Å². The number of unbranched alkanes of at least 4 members (excludes halogenated alkanes) is 1. The number of hydrogen-bond donors (Lipinski definition) is 1. The third kappa shape index (κ3) is 2.81. The second-order valence-corrected chi connectivity index (χ2v) is 4.54. The molecule has 0 saturated carbocycles. The Balaban J connectivity index is 2.51. The zero-order chi connectivity index (χ0) is 13.8. The molecule has 0 fully saturated rings. The zero-order valence-electron chi connectivity index (χ0n) is 11.1. The summed E-state index contributed by atoms with van der Waals surface area (Å²) in [4.78, 5) is 11.3. The molecule has 0 bridgehead atoms. The van der Waals surface area contributed by atoms with Gasteiger partial charge in [-0.05, 0) is 19.4 Å². The topological polar surface area (TPSA) is 68.0 Å². The number of aromatic nitrogens is 3. The lowest BCUT2D eigenvalue weighted by molar-refractivity contribution is 0.0691. The fourth-order valence-electron chi connectivity index (χ4n) is 2.00. The third-order valence-corrected chi connectivity index (χ3v) is 2.95. The highest BCUT2D eigenvalue weighted by Gasteiger charge is 2.20. The van der Waals surface area contributed by atoms with Crippen LogP contribution in [-0.4, -0.2) is 26.1 Å². The summed E-state index contributed by atoms with van der Waals surface area (Å²) in [5.74, 6) is -1.04. The van der Waals surface area contributed by atoms with Crippen LogP contribution in [0.5, 0.6) is 0 Å². The van der Waals surface area contributed by atoms with Gasteiger partial charge in [-0.3, -0.25) is 0 Å². The molecule has 1 heterocycles. The molecule has 100 valence electrons. The molecule has 0 radical (unpaired) electrons. The fraction of sp³-hybridized carbons (Fsp3) is 0.357. The highest BCUT2D eigenvalue weighted by molar-refractivity contribution is 5.92. The Kier molecular flexibility index (Phi) is 3.94. The van der Waals surface area contributed by atoms with Gasteiger partial charge < -0.3 is 5.11 Å². The predicted octanol–water partition coefficient (Wildman–Crippen LogP) is 2.75. The van der Waals surface area contributed by atoms with E-state index in [0.29, 0.717) is 12.2 Å². The number of carboxylic acids is 1. The van der Waals surface area contributed by atoms with E-state index in [9.17, 15) is 9.90 Å². The summed E-state index contributed by atoms with van der Waals surface area (Å²) >= 11 is 0. The molecule has 0 aliphatic carbocycles. The second kappa shape index (κ2) is 5.65. The molecule has 0 unspecified atom stereocenters. The zero-order valence-corrected chi connectivity index (χ0v) is 11.1. The fourth-order valence-corrected chi connectivity index (χ4v) is 2.00. The van der Waals surface area contributed by atoms with Gasteiger partial charge in [-0.1, -0.05) is 42.3 Å². The molecule has 19 heavy (non-hydrogen) atoms. The van der Waals surface area contributed by atoms with E-state index in [0.717, 1.165) is 24.0 Å². The molecule has 0 amide bonds. The Hall–Kier alpha value is -2.17. The van der Waals surface area contributed by atoms with Crippen LogP contribution in [0.15, 0.2) is 24.3 Å². The van der Waals surface area contributed by atoms with Crippen molar-refractivity contribution in [3.63, 3.8) is 0 Å². The van der Waals surface area contributed by atoms with E-state index in [1.165, 1.54) is 0 Å². The predicted molar refractivity (Wildman–Crippen MR) is 72.1 cm³/mol. The van der Waals surface area contributed by atoms with Crippen LogP contribution in [0.25, 0.3) is 11.3 Å². The van der Waals surface area contributed by atoms with Crippen LogP contribution < -0.4 is 0 Å². The van der Waals surface area contributed by atoms with Crippen molar-refractivity contribution in [3.05, 3.63) is 35.5 Å². The van der Waals surface area contributed by atoms with Crippen LogP contribution in [0.4, 0.5) is 0 Å². The van der Waals surface area contributed by atoms with E-state index in [2.05, 4.69) is 17.2 Å². The van der Waals surface area contributed by atoms with Crippen molar-refractivity contribution in [1.29, 1.82) is 0 Å². The number of rotatable bonds is 5. The first-order valence-corrected chi connectivity index (χ1v) is 6.37. The molecule has 0 aliphatic rings. The summed E-state index contributed by atoms with van der Waals surface area (Å²) in [6.07, 6.45) is 1.97. The Morgan fingerprint density at radius 2 is 2.21 bits per heavy atom. The Bertz CT molecular complexity index is 590. The van der Waals surface area contributed by atoms with E-state index in [1.807, 2.05) is 31.2 Å². The molecule has 1 aromatic carbocycles. The highest BCUT2D eigenvalue weighted by Crippen LogP contribution is 2.23. The minimum Gasteiger partial charge on any atom is -0.476 e. The first-order chi connectivity index (χ1) is 9.13. The average molecular weight is 259 g/mol. The lowest BCUT2D eigenvalue weighted by atomic mass is 10.1. The summed E-state index contributed by atoms with van der Waals surface area (Å²) < 4.78 is 1.68. The van der Waals surface area contributed by atoms with Crippen molar-refractivity contribution < 1.29 is 9.90 Å². The highest BCUT2D eigenvalue weighted by atomic mass is 16.4. The Morgan fingerprint density at radius 3 is 2.84 bits per heavy atom. The van der Waals surface area contributed by atoms with Gasteiger partial charge in [0.05, 0.1) is 0 Å². The van der Waals surface area contributed by atoms with Gasteiger partial charge in [-0.25, -0.2) is 9.48 Å². The molecule has 0 spiro atoms. The summed E-state index contributed by atoms with van der Waals surface area (Å²) in [6, 6.07) is 7.73. The maximum Gasteiger partial charge on any atom is 0.358 e.